The molecule has 1 aromatic rings. The molecular formula is C17H26N2. The Labute approximate surface area is 117 Å². The van der Waals surface area contributed by atoms with Crippen LogP contribution in [0, 0.1) is 0 Å². The van der Waals surface area contributed by atoms with Gasteiger partial charge in [-0.15, -0.1) is 0 Å². The Morgan fingerprint density at radius 3 is 2.68 bits per heavy atom. The molecule has 104 valence electrons. The Bertz CT molecular complexity index is 415. The average molecular weight is 258 g/mol. The summed E-state index contributed by atoms with van der Waals surface area (Å²) in [5, 5.41) is 0. The van der Waals surface area contributed by atoms with E-state index in [1.165, 1.54) is 56.6 Å². The smallest absolute Gasteiger partial charge is 0.0237 e. The van der Waals surface area contributed by atoms with Gasteiger partial charge in [0.25, 0.3) is 0 Å². The highest BCUT2D eigenvalue weighted by Gasteiger charge is 2.28. The van der Waals surface area contributed by atoms with Crippen LogP contribution in [0.1, 0.15) is 37.3 Å². The molecule has 2 nitrogen and oxygen atoms in total. The monoisotopic (exact) mass is 258 g/mol. The third-order valence-corrected chi connectivity index (χ3v) is 4.78. The van der Waals surface area contributed by atoms with Crippen molar-refractivity contribution in [1.82, 2.24) is 9.80 Å². The minimum Gasteiger partial charge on any atom is -0.299 e. The first-order valence-corrected chi connectivity index (χ1v) is 7.90. The molecule has 0 amide bonds. The van der Waals surface area contributed by atoms with Crippen LogP contribution in [0.4, 0.5) is 0 Å². The van der Waals surface area contributed by atoms with Gasteiger partial charge in [0, 0.05) is 19.1 Å². The molecule has 2 heterocycles. The van der Waals surface area contributed by atoms with Crippen molar-refractivity contribution >= 4 is 0 Å². The fraction of sp³-hybridized carbons (Fsp3) is 0.647. The van der Waals surface area contributed by atoms with Crippen LogP contribution < -0.4 is 0 Å². The van der Waals surface area contributed by atoms with E-state index in [0.29, 0.717) is 0 Å². The lowest BCUT2D eigenvalue weighted by Gasteiger charge is -2.26. The molecule has 0 spiro atoms. The molecule has 1 aromatic carbocycles. The van der Waals surface area contributed by atoms with E-state index in [2.05, 4.69) is 41.0 Å². The second-order valence-corrected chi connectivity index (χ2v) is 6.04. The van der Waals surface area contributed by atoms with Gasteiger partial charge < -0.3 is 0 Å². The molecule has 2 aliphatic rings. The van der Waals surface area contributed by atoms with Crippen LogP contribution in [0.5, 0.6) is 0 Å². The van der Waals surface area contributed by atoms with Crippen molar-refractivity contribution in [3.05, 3.63) is 35.4 Å². The van der Waals surface area contributed by atoms with Gasteiger partial charge >= 0.3 is 0 Å². The second-order valence-electron chi connectivity index (χ2n) is 6.04. The van der Waals surface area contributed by atoms with Crippen molar-refractivity contribution < 1.29 is 0 Å². The number of hydrogen-bond acceptors (Lipinski definition) is 2. The van der Waals surface area contributed by atoms with E-state index in [-0.39, 0.29) is 0 Å². The van der Waals surface area contributed by atoms with Gasteiger partial charge in [-0.1, -0.05) is 31.2 Å². The topological polar surface area (TPSA) is 6.48 Å². The van der Waals surface area contributed by atoms with Crippen LogP contribution in [-0.2, 0) is 13.0 Å². The van der Waals surface area contributed by atoms with E-state index >= 15 is 0 Å². The molecule has 2 heteroatoms. The molecule has 1 unspecified atom stereocenters. The molecule has 0 aliphatic carbocycles. The molecule has 0 aromatic heterocycles. The number of aryl methyl sites for hydroxylation is 1. The summed E-state index contributed by atoms with van der Waals surface area (Å²) >= 11 is 0. The van der Waals surface area contributed by atoms with Gasteiger partial charge in [0.2, 0.25) is 0 Å². The maximum Gasteiger partial charge on any atom is 0.0237 e. The van der Waals surface area contributed by atoms with Gasteiger partial charge in [0.15, 0.2) is 0 Å². The van der Waals surface area contributed by atoms with Crippen molar-refractivity contribution in [3.8, 4) is 0 Å². The number of rotatable bonds is 3. The average Bonchev–Trinajstić information content (AvgIpc) is 2.78. The van der Waals surface area contributed by atoms with Crippen molar-refractivity contribution in [2.24, 2.45) is 0 Å². The summed E-state index contributed by atoms with van der Waals surface area (Å²) in [6.07, 6.45) is 5.31. The molecule has 0 radical (unpaired) electrons. The standard InChI is InChI=1S/C17H26N2/c1-2-15-7-3-4-8-16(15)13-18-10-6-12-19-11-5-9-17(19)14-18/h3-4,7-8,17H,2,5-6,9-14H2,1H3. The minimum atomic E-state index is 0.830. The third kappa shape index (κ3) is 3.01. The van der Waals surface area contributed by atoms with Gasteiger partial charge in [-0.2, -0.15) is 0 Å². The first kappa shape index (κ1) is 13.1. The van der Waals surface area contributed by atoms with E-state index in [1.807, 2.05) is 0 Å². The molecule has 3 rings (SSSR count). The van der Waals surface area contributed by atoms with Crippen molar-refractivity contribution in [2.45, 2.75) is 45.2 Å². The number of nitrogens with zero attached hydrogens (tertiary/aromatic N) is 2. The van der Waals surface area contributed by atoms with Crippen LogP contribution in [0.15, 0.2) is 24.3 Å². The van der Waals surface area contributed by atoms with E-state index in [4.69, 9.17) is 0 Å². The normalized spacial score (nSPS) is 25.2. The lowest BCUT2D eigenvalue weighted by atomic mass is 10.0. The Morgan fingerprint density at radius 1 is 1.05 bits per heavy atom. The Balaban J connectivity index is 1.68. The van der Waals surface area contributed by atoms with Crippen LogP contribution in [0.2, 0.25) is 0 Å². The fourth-order valence-electron chi connectivity index (χ4n) is 3.72. The summed E-state index contributed by atoms with van der Waals surface area (Å²) in [6.45, 7) is 8.61. The fourth-order valence-corrected chi connectivity index (χ4v) is 3.72. The number of hydrogen-bond donors (Lipinski definition) is 0. The first-order valence-electron chi connectivity index (χ1n) is 7.90. The number of benzene rings is 1. The lowest BCUT2D eigenvalue weighted by molar-refractivity contribution is 0.215. The minimum absolute atomic E-state index is 0.830. The van der Waals surface area contributed by atoms with Crippen molar-refractivity contribution in [1.29, 1.82) is 0 Å². The predicted molar refractivity (Wildman–Crippen MR) is 80.3 cm³/mol. The van der Waals surface area contributed by atoms with Gasteiger partial charge in [-0.05, 0) is 56.4 Å². The largest absolute Gasteiger partial charge is 0.299 e. The zero-order chi connectivity index (χ0) is 13.1. The summed E-state index contributed by atoms with van der Waals surface area (Å²) in [4.78, 5) is 5.40. The van der Waals surface area contributed by atoms with E-state index < -0.39 is 0 Å². The van der Waals surface area contributed by atoms with Crippen LogP contribution in [0.3, 0.4) is 0 Å². The van der Waals surface area contributed by atoms with Crippen molar-refractivity contribution in [2.75, 3.05) is 26.2 Å². The zero-order valence-corrected chi connectivity index (χ0v) is 12.1. The van der Waals surface area contributed by atoms with Crippen LogP contribution in [0.25, 0.3) is 0 Å². The highest BCUT2D eigenvalue weighted by molar-refractivity contribution is 5.27. The van der Waals surface area contributed by atoms with Crippen LogP contribution >= 0.6 is 0 Å². The molecular weight excluding hydrogens is 232 g/mol. The van der Waals surface area contributed by atoms with E-state index in [0.717, 1.165) is 19.0 Å². The Morgan fingerprint density at radius 2 is 1.84 bits per heavy atom. The molecule has 0 N–H and O–H groups in total. The summed E-state index contributed by atoms with van der Waals surface area (Å²) in [6, 6.07) is 9.79. The predicted octanol–water partition coefficient (Wildman–Crippen LogP) is 2.92. The zero-order valence-electron chi connectivity index (χ0n) is 12.1. The van der Waals surface area contributed by atoms with E-state index in [1.54, 1.807) is 0 Å². The molecule has 19 heavy (non-hydrogen) atoms. The first-order chi connectivity index (χ1) is 9.36. The number of fused-ring (bicyclic) bond motifs is 1. The summed E-state index contributed by atoms with van der Waals surface area (Å²) in [7, 11) is 0. The molecule has 2 saturated heterocycles. The van der Waals surface area contributed by atoms with Gasteiger partial charge in [-0.25, -0.2) is 0 Å². The summed E-state index contributed by atoms with van der Waals surface area (Å²) < 4.78 is 0. The second kappa shape index (κ2) is 6.06. The van der Waals surface area contributed by atoms with E-state index in [9.17, 15) is 0 Å². The quantitative estimate of drug-likeness (QED) is 0.822. The Hall–Kier alpha value is -0.860. The lowest BCUT2D eigenvalue weighted by Crippen LogP contribution is -2.36. The van der Waals surface area contributed by atoms with Gasteiger partial charge in [0.1, 0.15) is 0 Å². The molecule has 0 saturated carbocycles. The SMILES string of the molecule is CCc1ccccc1CN1CCCN2CCCC2C1. The third-order valence-electron chi connectivity index (χ3n) is 4.78. The highest BCUT2D eigenvalue weighted by Crippen LogP contribution is 2.23. The molecule has 2 aliphatic heterocycles. The van der Waals surface area contributed by atoms with Crippen LogP contribution in [-0.4, -0.2) is 42.0 Å². The summed E-state index contributed by atoms with van der Waals surface area (Å²) in [5.41, 5.74) is 3.06. The maximum atomic E-state index is 2.71. The molecule has 1 atom stereocenters. The maximum absolute atomic E-state index is 2.71. The van der Waals surface area contributed by atoms with Gasteiger partial charge in [-0.3, -0.25) is 9.80 Å². The molecule has 2 fully saturated rings. The molecule has 0 bridgehead atoms. The Kier molecular flexibility index (Phi) is 4.19. The van der Waals surface area contributed by atoms with Gasteiger partial charge in [0.05, 0.1) is 0 Å². The summed E-state index contributed by atoms with van der Waals surface area (Å²) in [5.74, 6) is 0. The highest BCUT2D eigenvalue weighted by atomic mass is 15.3. The van der Waals surface area contributed by atoms with Crippen molar-refractivity contribution in [3.63, 3.8) is 0 Å².